The maximum Gasteiger partial charge on any atom is 0.189 e. The second-order valence-corrected chi connectivity index (χ2v) is 4.02. The molecule has 0 unspecified atom stereocenters. The molecule has 0 bridgehead atoms. The first-order chi connectivity index (χ1) is 7.81. The molecule has 3 heteroatoms. The molecular weight excluding hydrogens is 204 g/mol. The Balaban J connectivity index is 2.08. The van der Waals surface area contributed by atoms with Crippen LogP contribution >= 0.6 is 0 Å². The quantitative estimate of drug-likeness (QED) is 0.628. The summed E-state index contributed by atoms with van der Waals surface area (Å²) in [7, 11) is 0. The molecule has 1 aromatic carbocycles. The number of fused-ring (bicyclic) bond motifs is 1. The van der Waals surface area contributed by atoms with Gasteiger partial charge < -0.3 is 14.6 Å². The Morgan fingerprint density at radius 3 is 3.12 bits per heavy atom. The highest BCUT2D eigenvalue weighted by atomic mass is 16.7. The van der Waals surface area contributed by atoms with E-state index in [0.717, 1.165) is 30.6 Å². The molecule has 1 N–H and O–H groups in total. The normalized spacial score (nSPS) is 19.2. The Morgan fingerprint density at radius 1 is 1.44 bits per heavy atom. The van der Waals surface area contributed by atoms with Gasteiger partial charge in [0, 0.05) is 6.61 Å². The molecule has 1 atom stereocenters. The van der Waals surface area contributed by atoms with Crippen molar-refractivity contribution >= 4 is 0 Å². The van der Waals surface area contributed by atoms with E-state index in [1.54, 1.807) is 0 Å². The van der Waals surface area contributed by atoms with E-state index in [1.807, 2.05) is 25.1 Å². The van der Waals surface area contributed by atoms with Gasteiger partial charge in [0.25, 0.3) is 0 Å². The number of aryl methyl sites for hydroxylation is 1. The van der Waals surface area contributed by atoms with Gasteiger partial charge in [-0.3, -0.25) is 0 Å². The number of hydrogen-bond acceptors (Lipinski definition) is 3. The molecule has 0 amide bonds. The number of aliphatic hydroxyl groups excluding tert-OH is 1. The molecule has 1 aromatic rings. The van der Waals surface area contributed by atoms with E-state index in [9.17, 15) is 5.11 Å². The molecule has 0 heterocycles. The topological polar surface area (TPSA) is 38.7 Å². The molecular formula is C13H18O3. The molecule has 0 saturated heterocycles. The van der Waals surface area contributed by atoms with Crippen molar-refractivity contribution in [3.63, 3.8) is 0 Å². The van der Waals surface area contributed by atoms with Crippen LogP contribution in [0.1, 0.15) is 37.0 Å². The van der Waals surface area contributed by atoms with E-state index >= 15 is 0 Å². The molecule has 1 aliphatic rings. The highest BCUT2D eigenvalue weighted by Crippen LogP contribution is 2.32. The van der Waals surface area contributed by atoms with Crippen molar-refractivity contribution in [1.29, 1.82) is 0 Å². The number of aliphatic hydroxyl groups is 1. The maximum atomic E-state index is 9.87. The van der Waals surface area contributed by atoms with Crippen LogP contribution in [0.3, 0.4) is 0 Å². The summed E-state index contributed by atoms with van der Waals surface area (Å²) >= 11 is 0. The summed E-state index contributed by atoms with van der Waals surface area (Å²) in [6.45, 7) is 2.85. The fourth-order valence-corrected chi connectivity index (χ4v) is 2.04. The molecule has 0 aliphatic heterocycles. The second kappa shape index (κ2) is 5.32. The second-order valence-electron chi connectivity index (χ2n) is 4.02. The largest absolute Gasteiger partial charge is 0.468 e. The number of ether oxygens (including phenoxy) is 2. The number of benzene rings is 1. The molecule has 0 spiro atoms. The summed E-state index contributed by atoms with van der Waals surface area (Å²) in [5.74, 6) is 0.771. The van der Waals surface area contributed by atoms with Crippen LogP contribution in [0.15, 0.2) is 18.2 Å². The molecule has 16 heavy (non-hydrogen) atoms. The van der Waals surface area contributed by atoms with Crippen molar-refractivity contribution in [2.24, 2.45) is 0 Å². The third-order valence-electron chi connectivity index (χ3n) is 2.91. The standard InChI is InChI=1S/C13H18O3/c1-2-15-9-16-11-7-6-10-4-3-5-13(14)12(10)8-11/h6-8,13-14H,2-5,9H2,1H3/t13-/m0/s1. The van der Waals surface area contributed by atoms with Gasteiger partial charge in [-0.2, -0.15) is 0 Å². The van der Waals surface area contributed by atoms with Gasteiger partial charge in [-0.25, -0.2) is 0 Å². The molecule has 0 aromatic heterocycles. The van der Waals surface area contributed by atoms with Crippen molar-refractivity contribution in [1.82, 2.24) is 0 Å². The summed E-state index contributed by atoms with van der Waals surface area (Å²) in [5.41, 5.74) is 2.25. The fourth-order valence-electron chi connectivity index (χ4n) is 2.04. The van der Waals surface area contributed by atoms with E-state index in [4.69, 9.17) is 9.47 Å². The van der Waals surface area contributed by atoms with Crippen LogP contribution in [0, 0.1) is 0 Å². The zero-order chi connectivity index (χ0) is 11.4. The van der Waals surface area contributed by atoms with Crippen LogP contribution in [-0.4, -0.2) is 18.5 Å². The van der Waals surface area contributed by atoms with Crippen LogP contribution in [0.25, 0.3) is 0 Å². The van der Waals surface area contributed by atoms with Gasteiger partial charge in [-0.05, 0) is 49.4 Å². The van der Waals surface area contributed by atoms with Crippen molar-refractivity contribution in [2.75, 3.05) is 13.4 Å². The van der Waals surface area contributed by atoms with Gasteiger partial charge in [0.05, 0.1) is 6.10 Å². The Hall–Kier alpha value is -1.06. The lowest BCUT2D eigenvalue weighted by atomic mass is 9.89. The maximum absolute atomic E-state index is 9.87. The van der Waals surface area contributed by atoms with E-state index in [-0.39, 0.29) is 12.9 Å². The Labute approximate surface area is 96.0 Å². The summed E-state index contributed by atoms with van der Waals surface area (Å²) < 4.78 is 10.6. The van der Waals surface area contributed by atoms with Gasteiger partial charge >= 0.3 is 0 Å². The Morgan fingerprint density at radius 2 is 2.31 bits per heavy atom. The van der Waals surface area contributed by atoms with Crippen LogP contribution < -0.4 is 4.74 Å². The summed E-state index contributed by atoms with van der Waals surface area (Å²) in [6, 6.07) is 5.91. The lowest BCUT2D eigenvalue weighted by molar-refractivity contribution is 0.0221. The number of hydrogen-bond donors (Lipinski definition) is 1. The average Bonchev–Trinajstić information content (AvgIpc) is 2.30. The fraction of sp³-hybridized carbons (Fsp3) is 0.538. The average molecular weight is 222 g/mol. The van der Waals surface area contributed by atoms with Crippen molar-refractivity contribution in [3.8, 4) is 5.75 Å². The van der Waals surface area contributed by atoms with Crippen LogP contribution in [0.2, 0.25) is 0 Å². The minimum Gasteiger partial charge on any atom is -0.468 e. The van der Waals surface area contributed by atoms with Gasteiger partial charge in [-0.1, -0.05) is 6.07 Å². The van der Waals surface area contributed by atoms with E-state index in [0.29, 0.717) is 6.61 Å². The molecule has 88 valence electrons. The third-order valence-corrected chi connectivity index (χ3v) is 2.91. The summed E-state index contributed by atoms with van der Waals surface area (Å²) in [4.78, 5) is 0. The Kier molecular flexibility index (Phi) is 3.80. The first-order valence-electron chi connectivity index (χ1n) is 5.82. The van der Waals surface area contributed by atoms with Gasteiger partial charge in [0.15, 0.2) is 6.79 Å². The van der Waals surface area contributed by atoms with E-state index in [2.05, 4.69) is 0 Å². The SMILES string of the molecule is CCOCOc1ccc2c(c1)[C@@H](O)CCC2. The van der Waals surface area contributed by atoms with Crippen LogP contribution in [0.5, 0.6) is 5.75 Å². The highest BCUT2D eigenvalue weighted by Gasteiger charge is 2.18. The Bertz CT molecular complexity index is 349. The zero-order valence-electron chi connectivity index (χ0n) is 9.61. The van der Waals surface area contributed by atoms with E-state index in [1.165, 1.54) is 5.56 Å². The van der Waals surface area contributed by atoms with Gasteiger partial charge in [-0.15, -0.1) is 0 Å². The van der Waals surface area contributed by atoms with Crippen LogP contribution in [0.4, 0.5) is 0 Å². The lowest BCUT2D eigenvalue weighted by Gasteiger charge is -2.21. The molecule has 0 radical (unpaired) electrons. The first kappa shape index (κ1) is 11.4. The molecule has 2 rings (SSSR count). The number of rotatable bonds is 4. The van der Waals surface area contributed by atoms with Gasteiger partial charge in [0.1, 0.15) is 5.75 Å². The van der Waals surface area contributed by atoms with E-state index < -0.39 is 0 Å². The first-order valence-corrected chi connectivity index (χ1v) is 5.82. The smallest absolute Gasteiger partial charge is 0.189 e. The molecule has 3 nitrogen and oxygen atoms in total. The summed E-state index contributed by atoms with van der Waals surface area (Å²) in [5, 5.41) is 9.87. The van der Waals surface area contributed by atoms with Crippen molar-refractivity contribution < 1.29 is 14.6 Å². The zero-order valence-corrected chi connectivity index (χ0v) is 9.61. The van der Waals surface area contributed by atoms with Gasteiger partial charge in [0.2, 0.25) is 0 Å². The van der Waals surface area contributed by atoms with Crippen molar-refractivity contribution in [2.45, 2.75) is 32.3 Å². The van der Waals surface area contributed by atoms with Crippen molar-refractivity contribution in [3.05, 3.63) is 29.3 Å². The minimum absolute atomic E-state index is 0.269. The predicted molar refractivity (Wildman–Crippen MR) is 61.5 cm³/mol. The summed E-state index contributed by atoms with van der Waals surface area (Å²) in [6.07, 6.45) is 2.63. The monoisotopic (exact) mass is 222 g/mol. The highest BCUT2D eigenvalue weighted by molar-refractivity contribution is 5.38. The van der Waals surface area contributed by atoms with Crippen LogP contribution in [-0.2, 0) is 11.2 Å². The lowest BCUT2D eigenvalue weighted by Crippen LogP contribution is -2.10. The third kappa shape index (κ3) is 2.54. The molecule has 1 aliphatic carbocycles. The molecule has 0 fully saturated rings. The molecule has 0 saturated carbocycles. The predicted octanol–water partition coefficient (Wildman–Crippen LogP) is 2.43. The minimum atomic E-state index is -0.334.